The van der Waals surface area contributed by atoms with E-state index in [9.17, 15) is 4.39 Å². The van der Waals surface area contributed by atoms with Crippen LogP contribution >= 0.6 is 0 Å². The summed E-state index contributed by atoms with van der Waals surface area (Å²) in [5.41, 5.74) is 8.87. The number of nitrogen functional groups attached to an aromatic ring is 1. The molecule has 0 amide bonds. The molecular weight excluding hydrogens is 225 g/mol. The van der Waals surface area contributed by atoms with Gasteiger partial charge >= 0.3 is 0 Å². The van der Waals surface area contributed by atoms with Gasteiger partial charge in [-0.25, -0.2) is 14.1 Å². The van der Waals surface area contributed by atoms with Gasteiger partial charge in [-0.05, 0) is 6.07 Å². The van der Waals surface area contributed by atoms with Crippen LogP contribution < -0.4 is 21.5 Å². The second kappa shape index (κ2) is 3.93. The molecule has 0 saturated carbocycles. The number of anilines is 1. The third kappa shape index (κ3) is 1.65. The largest absolute Gasteiger partial charge is 0.494 e. The topological polar surface area (TPSA) is 89.0 Å². The molecule has 2 rings (SSSR count). The summed E-state index contributed by atoms with van der Waals surface area (Å²) in [5.74, 6) is -0.219. The number of benzene rings is 1. The van der Waals surface area contributed by atoms with E-state index in [0.717, 1.165) is 0 Å². The molecule has 0 atom stereocenters. The van der Waals surface area contributed by atoms with Crippen LogP contribution in [0.2, 0.25) is 0 Å². The molecule has 17 heavy (non-hydrogen) atoms. The third-order valence-electron chi connectivity index (χ3n) is 2.45. The Morgan fingerprint density at radius 1 is 1.53 bits per heavy atom. The molecule has 0 spiro atoms. The van der Waals surface area contributed by atoms with Crippen molar-refractivity contribution in [1.82, 2.24) is 9.66 Å². The van der Waals surface area contributed by atoms with E-state index < -0.39 is 5.82 Å². The zero-order valence-electron chi connectivity index (χ0n) is 9.41. The highest BCUT2D eigenvalue weighted by molar-refractivity contribution is 5.89. The number of nitrogens with one attached hydrogen (secondary N) is 2. The molecule has 0 aliphatic heterocycles. The van der Waals surface area contributed by atoms with Gasteiger partial charge in [0.15, 0.2) is 11.6 Å². The lowest BCUT2D eigenvalue weighted by molar-refractivity contribution is 0.387. The summed E-state index contributed by atoms with van der Waals surface area (Å²) in [6.45, 7) is 0. The number of aromatic nitrogens is 2. The molecule has 0 unspecified atom stereocenters. The van der Waals surface area contributed by atoms with E-state index in [1.807, 2.05) is 0 Å². The number of halogens is 1. The second-order valence-corrected chi connectivity index (χ2v) is 3.38. The number of nitrogens with zero attached hydrogens (tertiary/aromatic N) is 2. The smallest absolute Gasteiger partial charge is 0.243 e. The fraction of sp³-hybridized carbons (Fsp3) is 0.200. The van der Waals surface area contributed by atoms with Crippen LogP contribution in [-0.2, 0) is 0 Å². The van der Waals surface area contributed by atoms with Crippen LogP contribution in [0.25, 0.3) is 10.9 Å². The van der Waals surface area contributed by atoms with E-state index in [-0.39, 0.29) is 17.2 Å². The predicted octanol–water partition coefficient (Wildman–Crippen LogP) is 0.419. The average Bonchev–Trinajstić information content (AvgIpc) is 2.30. The minimum Gasteiger partial charge on any atom is -0.494 e. The molecular formula is C10H12FN5O. The Balaban J connectivity index is 2.87. The van der Waals surface area contributed by atoms with E-state index in [0.29, 0.717) is 10.9 Å². The maximum Gasteiger partial charge on any atom is 0.243 e. The monoisotopic (exact) mass is 237 g/mol. The Hall–Kier alpha value is -2.31. The summed E-state index contributed by atoms with van der Waals surface area (Å²) in [5, 5.41) is 8.07. The lowest BCUT2D eigenvalue weighted by Crippen LogP contribution is -2.31. The molecule has 0 bridgehead atoms. The summed E-state index contributed by atoms with van der Waals surface area (Å²) in [6, 6.07) is 2.66. The number of fused-ring (bicyclic) bond motifs is 1. The van der Waals surface area contributed by atoms with Crippen LogP contribution in [0.15, 0.2) is 12.1 Å². The van der Waals surface area contributed by atoms with Gasteiger partial charge in [-0.3, -0.25) is 5.41 Å². The average molecular weight is 237 g/mol. The van der Waals surface area contributed by atoms with Gasteiger partial charge in [-0.15, -0.1) is 0 Å². The number of methoxy groups -OCH3 is 1. The van der Waals surface area contributed by atoms with Gasteiger partial charge in [0, 0.05) is 18.5 Å². The van der Waals surface area contributed by atoms with Crippen molar-refractivity contribution in [3.63, 3.8) is 0 Å². The van der Waals surface area contributed by atoms with Gasteiger partial charge < -0.3 is 15.9 Å². The van der Waals surface area contributed by atoms with Crippen LogP contribution in [0, 0.1) is 11.2 Å². The van der Waals surface area contributed by atoms with Gasteiger partial charge in [-0.1, -0.05) is 0 Å². The van der Waals surface area contributed by atoms with E-state index >= 15 is 0 Å². The van der Waals surface area contributed by atoms with Crippen molar-refractivity contribution in [3.8, 4) is 5.75 Å². The van der Waals surface area contributed by atoms with Crippen molar-refractivity contribution in [3.05, 3.63) is 23.6 Å². The lowest BCUT2D eigenvalue weighted by Gasteiger charge is -2.12. The molecule has 0 aliphatic rings. The Morgan fingerprint density at radius 2 is 2.24 bits per heavy atom. The summed E-state index contributed by atoms with van der Waals surface area (Å²) in [6.07, 6.45) is 0. The maximum atomic E-state index is 13.6. The third-order valence-corrected chi connectivity index (χ3v) is 2.45. The quantitative estimate of drug-likeness (QED) is 0.706. The highest BCUT2D eigenvalue weighted by Crippen LogP contribution is 2.25. The van der Waals surface area contributed by atoms with Crippen LogP contribution in [0.1, 0.15) is 0 Å². The summed E-state index contributed by atoms with van der Waals surface area (Å²) in [7, 11) is 2.97. The molecule has 0 radical (unpaired) electrons. The van der Waals surface area contributed by atoms with Crippen molar-refractivity contribution < 1.29 is 9.13 Å². The normalized spacial score (nSPS) is 10.5. The first-order valence-electron chi connectivity index (χ1n) is 4.86. The molecule has 1 aromatic carbocycles. The molecule has 1 aromatic heterocycles. The molecule has 90 valence electrons. The van der Waals surface area contributed by atoms with Gasteiger partial charge in [0.05, 0.1) is 12.6 Å². The molecule has 1 heterocycles. The van der Waals surface area contributed by atoms with E-state index in [4.69, 9.17) is 15.9 Å². The number of hydrogen-bond donors (Lipinski definition) is 3. The first-order chi connectivity index (χ1) is 8.08. The molecule has 0 aliphatic carbocycles. The van der Waals surface area contributed by atoms with Crippen molar-refractivity contribution in [1.29, 1.82) is 5.41 Å². The number of hydrogen-bond acceptors (Lipinski definition) is 5. The van der Waals surface area contributed by atoms with Crippen molar-refractivity contribution in [2.24, 2.45) is 0 Å². The molecule has 4 N–H and O–H groups in total. The van der Waals surface area contributed by atoms with Gasteiger partial charge in [0.25, 0.3) is 0 Å². The number of ether oxygens (including phenoxy) is 1. The standard InChI is InChI=1S/C10H12FN5O/c1-14-16-9(12)5-3-6(11)8(17-2)4-7(5)15-10(16)13/h3-4,13-14H,12H2,1-2H3. The van der Waals surface area contributed by atoms with Crippen LogP contribution in [0.3, 0.4) is 0 Å². The number of rotatable bonds is 2. The Labute approximate surface area is 96.3 Å². The van der Waals surface area contributed by atoms with Gasteiger partial charge in [-0.2, -0.15) is 0 Å². The van der Waals surface area contributed by atoms with Crippen LogP contribution in [0.5, 0.6) is 5.75 Å². The molecule has 2 aromatic rings. The second-order valence-electron chi connectivity index (χ2n) is 3.38. The first kappa shape index (κ1) is 11.2. The molecule has 6 nitrogen and oxygen atoms in total. The Bertz CT molecular complexity index is 637. The zero-order chi connectivity index (χ0) is 12.6. The minimum atomic E-state index is -0.520. The molecule has 0 saturated heterocycles. The van der Waals surface area contributed by atoms with Crippen LogP contribution in [0.4, 0.5) is 10.2 Å². The lowest BCUT2D eigenvalue weighted by atomic mass is 10.2. The maximum absolute atomic E-state index is 13.6. The summed E-state index contributed by atoms with van der Waals surface area (Å²) < 4.78 is 19.7. The molecule has 0 fully saturated rings. The fourth-order valence-corrected chi connectivity index (χ4v) is 1.62. The van der Waals surface area contributed by atoms with Crippen molar-refractivity contribution in [2.75, 3.05) is 25.3 Å². The molecule has 7 heteroatoms. The highest BCUT2D eigenvalue weighted by atomic mass is 19.1. The van der Waals surface area contributed by atoms with E-state index in [1.54, 1.807) is 7.05 Å². The minimum absolute atomic E-state index is 0.0637. The van der Waals surface area contributed by atoms with Gasteiger partial charge in [0.2, 0.25) is 5.62 Å². The van der Waals surface area contributed by atoms with E-state index in [2.05, 4.69) is 10.4 Å². The Morgan fingerprint density at radius 3 is 2.82 bits per heavy atom. The van der Waals surface area contributed by atoms with E-state index in [1.165, 1.54) is 23.9 Å². The predicted molar refractivity (Wildman–Crippen MR) is 61.8 cm³/mol. The zero-order valence-corrected chi connectivity index (χ0v) is 9.41. The van der Waals surface area contributed by atoms with Gasteiger partial charge in [0.1, 0.15) is 5.82 Å². The van der Waals surface area contributed by atoms with Crippen LogP contribution in [-0.4, -0.2) is 23.8 Å². The summed E-state index contributed by atoms with van der Waals surface area (Å²) >= 11 is 0. The van der Waals surface area contributed by atoms with Crippen molar-refractivity contribution in [2.45, 2.75) is 0 Å². The first-order valence-corrected chi connectivity index (χ1v) is 4.86. The Kier molecular flexibility index (Phi) is 2.58. The summed E-state index contributed by atoms with van der Waals surface area (Å²) in [4.78, 5) is 4.00. The fourth-order valence-electron chi connectivity index (χ4n) is 1.62. The van der Waals surface area contributed by atoms with Crippen molar-refractivity contribution >= 4 is 16.7 Å². The number of nitrogens with two attached hydrogens (primary N) is 1. The highest BCUT2D eigenvalue weighted by Gasteiger charge is 2.11. The SMILES string of the molecule is CNn1c(N)c2cc(F)c(OC)cc2nc1=N.